The third-order valence-corrected chi connectivity index (χ3v) is 6.38. The van der Waals surface area contributed by atoms with Gasteiger partial charge in [-0.05, 0) is 0 Å². The van der Waals surface area contributed by atoms with E-state index in [1.807, 2.05) is 0 Å². The first-order chi connectivity index (χ1) is 8.25. The number of benzene rings is 1. The van der Waals surface area contributed by atoms with Crippen LogP contribution < -0.4 is 0 Å². The van der Waals surface area contributed by atoms with Gasteiger partial charge in [-0.1, -0.05) is 0 Å². The molecule has 0 aliphatic heterocycles. The zero-order chi connectivity index (χ0) is 14.0. The third kappa shape index (κ3) is 3.26. The summed E-state index contributed by atoms with van der Waals surface area (Å²) in [5.74, 6) is 0.594. The van der Waals surface area contributed by atoms with E-state index in [-0.39, 0.29) is 0 Å². The molecule has 0 aromatic heterocycles. The van der Waals surface area contributed by atoms with Crippen LogP contribution in [0.3, 0.4) is 0 Å². The van der Waals surface area contributed by atoms with Gasteiger partial charge in [0.1, 0.15) is 0 Å². The first-order valence-corrected chi connectivity index (χ1v) is 7.89. The standard InChI is InChI=1S/C16H23N.W/c1-10(2)8-12(4)17-16-9-11(3)13(5)14(6)15(16)7;/h9-10H,1-7H3;. The average Bonchev–Trinajstić information content (AvgIpc) is 2.32. The van der Waals surface area contributed by atoms with E-state index in [1.54, 1.807) is 0 Å². The predicted molar refractivity (Wildman–Crippen MR) is 78.0 cm³/mol. The molecule has 0 atom stereocenters. The normalized spacial score (nSPS) is 12.1. The number of aliphatic imine (C=N–C) groups is 1. The summed E-state index contributed by atoms with van der Waals surface area (Å²) < 4.78 is 1.45. The van der Waals surface area contributed by atoms with Crippen LogP contribution in [0.4, 0.5) is 5.69 Å². The molecule has 0 bridgehead atoms. The fourth-order valence-corrected chi connectivity index (χ4v) is 2.12. The number of aryl methyl sites for hydroxylation is 1. The second kappa shape index (κ2) is 6.06. The number of rotatable bonds is 3. The Balaban J connectivity index is 3.28. The monoisotopic (exact) mass is 413 g/mol. The Bertz CT molecular complexity index is 510. The summed E-state index contributed by atoms with van der Waals surface area (Å²) in [6.07, 6.45) is 0. The van der Waals surface area contributed by atoms with Crippen LogP contribution in [-0.2, 0) is 19.4 Å². The van der Waals surface area contributed by atoms with Crippen molar-refractivity contribution in [1.29, 1.82) is 0 Å². The van der Waals surface area contributed by atoms with Gasteiger partial charge in [-0.2, -0.15) is 0 Å². The SMILES string of the molecule is CC(=Nc1cc(C)c(C)c(C)c1C)[C](=[W])C(C)C. The fraction of sp³-hybridized carbons (Fsp3) is 0.500. The molecule has 0 spiro atoms. The summed E-state index contributed by atoms with van der Waals surface area (Å²) in [5.41, 5.74) is 7.72. The van der Waals surface area contributed by atoms with Crippen molar-refractivity contribution in [3.05, 3.63) is 28.3 Å². The molecule has 0 heterocycles. The Morgan fingerprint density at radius 1 is 1.06 bits per heavy atom. The van der Waals surface area contributed by atoms with E-state index in [0.29, 0.717) is 5.92 Å². The Morgan fingerprint density at radius 3 is 2.11 bits per heavy atom. The zero-order valence-electron chi connectivity index (χ0n) is 12.5. The Kier molecular flexibility index (Phi) is 5.22. The molecule has 0 radical (unpaired) electrons. The molecule has 98 valence electrons. The summed E-state index contributed by atoms with van der Waals surface area (Å²) in [4.78, 5) is 4.84. The molecule has 0 saturated carbocycles. The molecule has 1 aromatic rings. The summed E-state index contributed by atoms with van der Waals surface area (Å²) in [7, 11) is 0. The molecule has 0 unspecified atom stereocenters. The molecular weight excluding hydrogens is 390 g/mol. The van der Waals surface area contributed by atoms with E-state index in [1.165, 1.54) is 51.2 Å². The molecule has 0 fully saturated rings. The van der Waals surface area contributed by atoms with Crippen LogP contribution in [0, 0.1) is 33.6 Å². The molecule has 0 aliphatic rings. The summed E-state index contributed by atoms with van der Waals surface area (Å²) in [6.45, 7) is 15.3. The minimum atomic E-state index is 0.594. The van der Waals surface area contributed by atoms with E-state index >= 15 is 0 Å². The van der Waals surface area contributed by atoms with Crippen LogP contribution in [0.25, 0.3) is 0 Å². The summed E-state index contributed by atoms with van der Waals surface area (Å²) in [6, 6.07) is 2.21. The van der Waals surface area contributed by atoms with E-state index < -0.39 is 0 Å². The number of nitrogens with zero attached hydrogens (tertiary/aromatic N) is 1. The molecule has 2 heteroatoms. The van der Waals surface area contributed by atoms with E-state index in [4.69, 9.17) is 4.99 Å². The van der Waals surface area contributed by atoms with E-state index in [2.05, 4.69) is 54.5 Å². The summed E-state index contributed by atoms with van der Waals surface area (Å²) >= 11 is 1.53. The third-order valence-electron chi connectivity index (χ3n) is 3.62. The first-order valence-electron chi connectivity index (χ1n) is 6.42. The molecule has 0 aliphatic carbocycles. The van der Waals surface area contributed by atoms with Gasteiger partial charge in [0.25, 0.3) is 0 Å². The molecule has 0 saturated heterocycles. The van der Waals surface area contributed by atoms with Crippen LogP contribution in [0.2, 0.25) is 0 Å². The van der Waals surface area contributed by atoms with Crippen LogP contribution >= 0.6 is 0 Å². The molecule has 0 amide bonds. The van der Waals surface area contributed by atoms with Gasteiger partial charge in [0.15, 0.2) is 0 Å². The van der Waals surface area contributed by atoms with E-state index in [9.17, 15) is 0 Å². The Labute approximate surface area is 122 Å². The quantitative estimate of drug-likeness (QED) is 0.653. The number of hydrogen-bond donors (Lipinski definition) is 0. The van der Waals surface area contributed by atoms with Gasteiger partial charge in [-0.25, -0.2) is 0 Å². The van der Waals surface area contributed by atoms with Crippen molar-refractivity contribution in [1.82, 2.24) is 0 Å². The molecular formula is C16H23NW. The van der Waals surface area contributed by atoms with Crippen LogP contribution in [-0.4, -0.2) is 9.61 Å². The maximum atomic E-state index is 4.84. The number of hydrogen-bond acceptors (Lipinski definition) is 1. The van der Waals surface area contributed by atoms with Gasteiger partial charge in [0.2, 0.25) is 0 Å². The Morgan fingerprint density at radius 2 is 1.61 bits per heavy atom. The van der Waals surface area contributed by atoms with Crippen molar-refractivity contribution in [2.75, 3.05) is 0 Å². The molecule has 0 N–H and O–H groups in total. The van der Waals surface area contributed by atoms with Crippen LogP contribution in [0.15, 0.2) is 11.1 Å². The molecule has 1 aromatic carbocycles. The van der Waals surface area contributed by atoms with Crippen molar-refractivity contribution in [2.45, 2.75) is 48.5 Å². The van der Waals surface area contributed by atoms with Gasteiger partial charge >= 0.3 is 122 Å². The second-order valence-corrected chi connectivity index (χ2v) is 6.88. The second-order valence-electron chi connectivity index (χ2n) is 5.30. The van der Waals surface area contributed by atoms with Crippen LogP contribution in [0.5, 0.6) is 0 Å². The molecule has 1 nitrogen and oxygen atoms in total. The zero-order valence-corrected chi connectivity index (χ0v) is 15.4. The van der Waals surface area contributed by atoms with E-state index in [0.717, 1.165) is 5.69 Å². The molecule has 1 rings (SSSR count). The topological polar surface area (TPSA) is 12.4 Å². The average molecular weight is 413 g/mol. The van der Waals surface area contributed by atoms with Gasteiger partial charge in [-0.15, -0.1) is 0 Å². The van der Waals surface area contributed by atoms with Crippen molar-refractivity contribution in [3.8, 4) is 0 Å². The molecule has 18 heavy (non-hydrogen) atoms. The van der Waals surface area contributed by atoms with Crippen molar-refractivity contribution < 1.29 is 19.4 Å². The van der Waals surface area contributed by atoms with Gasteiger partial charge in [0.05, 0.1) is 0 Å². The van der Waals surface area contributed by atoms with Gasteiger partial charge < -0.3 is 0 Å². The van der Waals surface area contributed by atoms with Crippen molar-refractivity contribution in [2.24, 2.45) is 10.9 Å². The van der Waals surface area contributed by atoms with Gasteiger partial charge in [0, 0.05) is 0 Å². The van der Waals surface area contributed by atoms with Crippen LogP contribution in [0.1, 0.15) is 43.0 Å². The van der Waals surface area contributed by atoms with Gasteiger partial charge in [-0.3, -0.25) is 0 Å². The summed E-state index contributed by atoms with van der Waals surface area (Å²) in [5, 5.41) is 0. The first kappa shape index (κ1) is 15.5. The maximum absolute atomic E-state index is 4.84. The fourth-order valence-electron chi connectivity index (χ4n) is 1.96. The Hall–Kier alpha value is -0.552. The van der Waals surface area contributed by atoms with Crippen molar-refractivity contribution in [3.63, 3.8) is 0 Å². The minimum absolute atomic E-state index is 0.594. The predicted octanol–water partition coefficient (Wildman–Crippen LogP) is 4.39. The van der Waals surface area contributed by atoms with Crippen molar-refractivity contribution >= 4 is 15.3 Å².